The molecule has 214 valence electrons. The minimum Gasteiger partial charge on any atom is -0.465 e. The Balaban J connectivity index is 2.65. The van der Waals surface area contributed by atoms with E-state index in [1.807, 2.05) is 26.8 Å². The van der Waals surface area contributed by atoms with Crippen molar-refractivity contribution in [3.63, 3.8) is 0 Å². The van der Waals surface area contributed by atoms with Gasteiger partial charge in [-0.3, -0.25) is 14.0 Å². The zero-order chi connectivity index (χ0) is 28.4. The van der Waals surface area contributed by atoms with E-state index < -0.39 is 35.4 Å². The summed E-state index contributed by atoms with van der Waals surface area (Å²) in [6.45, 7) is 23.8. The van der Waals surface area contributed by atoms with Gasteiger partial charge in [-0.25, -0.2) is 0 Å². The Morgan fingerprint density at radius 1 is 1.22 bits per heavy atom. The third-order valence-corrected chi connectivity index (χ3v) is 13.5. The van der Waals surface area contributed by atoms with Crippen LogP contribution in [0.1, 0.15) is 80.6 Å². The molecule has 0 unspecified atom stereocenters. The van der Waals surface area contributed by atoms with E-state index in [1.165, 1.54) is 0 Å². The molecule has 1 fully saturated rings. The average molecular weight is 558 g/mol. The molecular formula is C28H51NO6SSi. The molecule has 1 aliphatic heterocycles. The van der Waals surface area contributed by atoms with Gasteiger partial charge in [0.15, 0.2) is 8.32 Å². The molecule has 0 bridgehead atoms. The van der Waals surface area contributed by atoms with E-state index in [2.05, 4.69) is 47.4 Å². The van der Waals surface area contributed by atoms with Crippen LogP contribution >= 0.6 is 0 Å². The Morgan fingerprint density at radius 3 is 2.30 bits per heavy atom. The summed E-state index contributed by atoms with van der Waals surface area (Å²) in [5.41, 5.74) is -0.314. The van der Waals surface area contributed by atoms with Crippen LogP contribution in [0.5, 0.6) is 0 Å². The van der Waals surface area contributed by atoms with Gasteiger partial charge in [-0.2, -0.15) is 8.42 Å². The van der Waals surface area contributed by atoms with Crippen LogP contribution in [0.15, 0.2) is 17.6 Å². The molecule has 1 saturated carbocycles. The van der Waals surface area contributed by atoms with Crippen molar-refractivity contribution < 1.29 is 26.6 Å². The highest BCUT2D eigenvalue weighted by Gasteiger charge is 2.59. The standard InChI is InChI=1S/C28H51NO6SSi/c1-12-16-28(22-14-13-17-29-22)21(15-18-33-25(30)26(3,4)5)24(35-37(10,11)27(6,7)8)20(2)19-23(28)34-36(9,31)32/h12,20-21,23-24H,1,13-19H2,2-11H3/t20-,21+,23+,24-,28-/m0/s1. The van der Waals surface area contributed by atoms with Crippen LogP contribution in [0.4, 0.5) is 0 Å². The van der Waals surface area contributed by atoms with Gasteiger partial charge in [0.2, 0.25) is 0 Å². The Kier molecular flexibility index (Phi) is 10.1. The number of hydrogen-bond acceptors (Lipinski definition) is 7. The maximum Gasteiger partial charge on any atom is 0.311 e. The minimum absolute atomic E-state index is 0.00203. The Morgan fingerprint density at radius 2 is 1.84 bits per heavy atom. The van der Waals surface area contributed by atoms with Gasteiger partial charge in [-0.15, -0.1) is 6.58 Å². The first-order valence-corrected chi connectivity index (χ1v) is 18.4. The monoisotopic (exact) mass is 557 g/mol. The number of aliphatic imine (C=N–C) groups is 1. The van der Waals surface area contributed by atoms with Gasteiger partial charge in [-0.05, 0) is 76.9 Å². The molecule has 0 aromatic heterocycles. The van der Waals surface area contributed by atoms with Crippen molar-refractivity contribution >= 4 is 30.1 Å². The molecule has 0 aromatic carbocycles. The number of rotatable bonds is 10. The summed E-state index contributed by atoms with van der Waals surface area (Å²) in [5, 5.41) is 0.00203. The molecule has 9 heteroatoms. The number of ether oxygens (including phenoxy) is 1. The maximum absolute atomic E-state index is 12.6. The quantitative estimate of drug-likeness (QED) is 0.138. The second-order valence-electron chi connectivity index (χ2n) is 13.6. The predicted molar refractivity (Wildman–Crippen MR) is 153 cm³/mol. The summed E-state index contributed by atoms with van der Waals surface area (Å²) in [6.07, 6.45) is 5.53. The largest absolute Gasteiger partial charge is 0.465 e. The molecule has 0 amide bonds. The lowest BCUT2D eigenvalue weighted by Crippen LogP contribution is -2.61. The number of carbonyl (C=O) groups excluding carboxylic acids is 1. The average Bonchev–Trinajstić information content (AvgIpc) is 3.25. The summed E-state index contributed by atoms with van der Waals surface area (Å²) < 4.78 is 43.8. The first-order valence-electron chi connectivity index (χ1n) is 13.6. The molecule has 0 spiro atoms. The molecule has 0 aromatic rings. The van der Waals surface area contributed by atoms with E-state index >= 15 is 0 Å². The molecule has 2 aliphatic rings. The van der Waals surface area contributed by atoms with Gasteiger partial charge in [0, 0.05) is 23.6 Å². The topological polar surface area (TPSA) is 91.3 Å². The molecule has 37 heavy (non-hydrogen) atoms. The molecule has 0 saturated heterocycles. The van der Waals surface area contributed by atoms with Gasteiger partial charge >= 0.3 is 5.97 Å². The molecule has 1 aliphatic carbocycles. The van der Waals surface area contributed by atoms with Crippen LogP contribution in [0.25, 0.3) is 0 Å². The number of nitrogens with zero attached hydrogens (tertiary/aromatic N) is 1. The maximum atomic E-state index is 12.6. The third kappa shape index (κ3) is 7.55. The van der Waals surface area contributed by atoms with E-state index in [0.29, 0.717) is 19.3 Å². The lowest BCUT2D eigenvalue weighted by Gasteiger charge is -2.56. The smallest absolute Gasteiger partial charge is 0.311 e. The van der Waals surface area contributed by atoms with E-state index in [9.17, 15) is 13.2 Å². The highest BCUT2D eigenvalue weighted by Crippen LogP contribution is 2.54. The molecule has 5 atom stereocenters. The van der Waals surface area contributed by atoms with Gasteiger partial charge in [-0.1, -0.05) is 33.8 Å². The summed E-state index contributed by atoms with van der Waals surface area (Å²) in [7, 11) is -5.92. The molecule has 1 heterocycles. The van der Waals surface area contributed by atoms with E-state index in [1.54, 1.807) is 0 Å². The van der Waals surface area contributed by atoms with Crippen LogP contribution in [0.3, 0.4) is 0 Å². The van der Waals surface area contributed by atoms with Crippen molar-refractivity contribution in [3.8, 4) is 0 Å². The van der Waals surface area contributed by atoms with Gasteiger partial charge in [0.1, 0.15) is 0 Å². The van der Waals surface area contributed by atoms with Crippen LogP contribution in [-0.4, -0.2) is 60.0 Å². The number of esters is 1. The summed E-state index contributed by atoms with van der Waals surface area (Å²) in [6, 6.07) is 0. The van der Waals surface area contributed by atoms with Crippen molar-refractivity contribution in [2.75, 3.05) is 19.4 Å². The van der Waals surface area contributed by atoms with Crippen molar-refractivity contribution in [3.05, 3.63) is 12.7 Å². The fourth-order valence-electron chi connectivity index (χ4n) is 5.54. The molecular weight excluding hydrogens is 506 g/mol. The van der Waals surface area contributed by atoms with E-state index in [-0.39, 0.29) is 35.6 Å². The van der Waals surface area contributed by atoms with Crippen molar-refractivity contribution in [1.82, 2.24) is 0 Å². The summed E-state index contributed by atoms with van der Waals surface area (Å²) in [5.74, 6) is -0.362. The lowest BCUT2D eigenvalue weighted by atomic mass is 9.55. The second kappa shape index (κ2) is 11.6. The molecule has 2 rings (SSSR count). The summed E-state index contributed by atoms with van der Waals surface area (Å²) in [4.78, 5) is 17.5. The Bertz CT molecular complexity index is 962. The normalized spacial score (nSPS) is 29.6. The molecule has 0 radical (unpaired) electrons. The first kappa shape index (κ1) is 32.2. The number of allylic oxidation sites excluding steroid dienone is 1. The lowest BCUT2D eigenvalue weighted by molar-refractivity contribution is -0.155. The zero-order valence-electron chi connectivity index (χ0n) is 24.8. The molecule has 0 N–H and O–H groups in total. The van der Waals surface area contributed by atoms with E-state index in [0.717, 1.165) is 31.4 Å². The number of carbonyl (C=O) groups is 1. The van der Waals surface area contributed by atoms with Crippen LogP contribution < -0.4 is 0 Å². The SMILES string of the molecule is C=CC[C@@]1(C2=NCCC2)[C@H](CCOC(=O)C(C)(C)C)[C@@H](O[Si](C)(C)C(C)(C)C)[C@@H](C)C[C@H]1OS(C)(=O)=O. The van der Waals surface area contributed by atoms with Gasteiger partial charge in [0.25, 0.3) is 10.1 Å². The minimum atomic E-state index is -3.73. The van der Waals surface area contributed by atoms with E-state index in [4.69, 9.17) is 18.3 Å². The first-order chi connectivity index (χ1) is 16.8. The molecule has 7 nitrogen and oxygen atoms in total. The van der Waals surface area contributed by atoms with Crippen molar-refractivity contribution in [1.29, 1.82) is 0 Å². The van der Waals surface area contributed by atoms with Crippen LogP contribution in [-0.2, 0) is 28.3 Å². The van der Waals surface area contributed by atoms with Crippen molar-refractivity contribution in [2.24, 2.45) is 27.7 Å². The van der Waals surface area contributed by atoms with Gasteiger partial charge in [0.05, 0.1) is 30.5 Å². The Hall–Kier alpha value is -1.03. The Labute approximate surface area is 227 Å². The van der Waals surface area contributed by atoms with Crippen molar-refractivity contribution in [2.45, 2.75) is 111 Å². The third-order valence-electron chi connectivity index (χ3n) is 8.48. The van der Waals surface area contributed by atoms with Crippen LogP contribution in [0.2, 0.25) is 18.1 Å². The highest BCUT2D eigenvalue weighted by atomic mass is 32.2. The highest BCUT2D eigenvalue weighted by molar-refractivity contribution is 7.86. The second-order valence-corrected chi connectivity index (χ2v) is 19.9. The predicted octanol–water partition coefficient (Wildman–Crippen LogP) is 6.15. The fraction of sp³-hybridized carbons (Fsp3) is 0.857. The fourth-order valence-corrected chi connectivity index (χ4v) is 7.64. The number of hydrogen-bond donors (Lipinski definition) is 0. The van der Waals surface area contributed by atoms with Crippen LogP contribution in [0, 0.1) is 22.7 Å². The van der Waals surface area contributed by atoms with Gasteiger partial charge < -0.3 is 9.16 Å². The summed E-state index contributed by atoms with van der Waals surface area (Å²) >= 11 is 0. The zero-order valence-corrected chi connectivity index (χ0v) is 26.7.